The van der Waals surface area contributed by atoms with Gasteiger partial charge in [0.1, 0.15) is 12.1 Å². The summed E-state index contributed by atoms with van der Waals surface area (Å²) in [4.78, 5) is 28.3. The van der Waals surface area contributed by atoms with Gasteiger partial charge in [-0.3, -0.25) is 14.9 Å². The fraction of sp³-hybridized carbons (Fsp3) is 0.238. The zero-order valence-corrected chi connectivity index (χ0v) is 16.2. The van der Waals surface area contributed by atoms with Crippen molar-refractivity contribution in [3.8, 4) is 5.75 Å². The minimum Gasteiger partial charge on any atom is -0.484 e. The number of benzene rings is 2. The van der Waals surface area contributed by atoms with Crippen LogP contribution in [0, 0.1) is 13.8 Å². The van der Waals surface area contributed by atoms with Crippen LogP contribution in [0.3, 0.4) is 0 Å². The highest BCUT2D eigenvalue weighted by Gasteiger charge is 2.27. The molecule has 148 valence electrons. The maximum atomic E-state index is 12.3. The summed E-state index contributed by atoms with van der Waals surface area (Å²) in [5, 5.41) is 9.77. The van der Waals surface area contributed by atoms with Gasteiger partial charge in [-0.15, -0.1) is 0 Å². The summed E-state index contributed by atoms with van der Waals surface area (Å²) in [6.07, 6.45) is 1.67. The lowest BCUT2D eigenvalue weighted by molar-refractivity contribution is -0.118. The van der Waals surface area contributed by atoms with Gasteiger partial charge in [-0.05, 0) is 48.7 Å². The van der Waals surface area contributed by atoms with Crippen molar-refractivity contribution in [3.05, 3.63) is 65.5 Å². The maximum Gasteiger partial charge on any atom is 0.262 e. The standard InChI is InChI=1S/C21H21N5O3/c1-13-6-7-14(2)17(8-13)24-20(28)11-29-16-5-3-4-15(9-16)18-10-19(27)25-21-22-12-23-26(18)21/h3-9,12,18H,10-11H2,1-2H3,(H,24,28)(H,22,23,25,27). The lowest BCUT2D eigenvalue weighted by Gasteiger charge is -2.24. The van der Waals surface area contributed by atoms with Crippen LogP contribution >= 0.6 is 0 Å². The van der Waals surface area contributed by atoms with Crippen LogP contribution in [0.2, 0.25) is 0 Å². The molecule has 29 heavy (non-hydrogen) atoms. The number of amides is 2. The van der Waals surface area contributed by atoms with Crippen molar-refractivity contribution in [3.63, 3.8) is 0 Å². The number of anilines is 2. The molecule has 0 saturated carbocycles. The van der Waals surface area contributed by atoms with E-state index in [1.807, 2.05) is 50.2 Å². The van der Waals surface area contributed by atoms with E-state index in [1.54, 1.807) is 10.7 Å². The Balaban J connectivity index is 1.44. The van der Waals surface area contributed by atoms with Gasteiger partial charge in [0, 0.05) is 5.69 Å². The van der Waals surface area contributed by atoms with E-state index in [-0.39, 0.29) is 30.9 Å². The number of carbonyl (C=O) groups excluding carboxylic acids is 2. The topological polar surface area (TPSA) is 98.1 Å². The third kappa shape index (κ3) is 4.11. The predicted octanol–water partition coefficient (Wildman–Crippen LogP) is 2.84. The lowest BCUT2D eigenvalue weighted by Crippen LogP contribution is -2.29. The van der Waals surface area contributed by atoms with E-state index >= 15 is 0 Å². The first kappa shape index (κ1) is 18.7. The molecule has 0 radical (unpaired) electrons. The van der Waals surface area contributed by atoms with Gasteiger partial charge < -0.3 is 10.1 Å². The van der Waals surface area contributed by atoms with Gasteiger partial charge in [0.25, 0.3) is 5.91 Å². The monoisotopic (exact) mass is 391 g/mol. The van der Waals surface area contributed by atoms with E-state index in [0.29, 0.717) is 11.7 Å². The Morgan fingerprint density at radius 1 is 1.28 bits per heavy atom. The molecule has 8 heteroatoms. The normalized spacial score (nSPS) is 15.4. The Kier molecular flexibility index (Phi) is 4.99. The highest BCUT2D eigenvalue weighted by molar-refractivity contribution is 5.92. The Morgan fingerprint density at radius 3 is 3.00 bits per heavy atom. The first-order chi connectivity index (χ1) is 14.0. The third-order valence-electron chi connectivity index (χ3n) is 4.78. The molecule has 3 aromatic rings. The van der Waals surface area contributed by atoms with E-state index in [1.165, 1.54) is 6.33 Å². The fourth-order valence-corrected chi connectivity index (χ4v) is 3.28. The first-order valence-corrected chi connectivity index (χ1v) is 9.29. The van der Waals surface area contributed by atoms with Crippen molar-refractivity contribution in [1.82, 2.24) is 14.8 Å². The largest absolute Gasteiger partial charge is 0.484 e. The quantitative estimate of drug-likeness (QED) is 0.697. The minimum atomic E-state index is -0.270. The summed E-state index contributed by atoms with van der Waals surface area (Å²) in [5.74, 6) is 0.617. The number of ether oxygens (including phenoxy) is 1. The van der Waals surface area contributed by atoms with Gasteiger partial charge in [0.15, 0.2) is 6.61 Å². The number of carbonyl (C=O) groups is 2. The molecule has 0 saturated heterocycles. The summed E-state index contributed by atoms with van der Waals surface area (Å²) in [6, 6.07) is 13.0. The van der Waals surface area contributed by atoms with Crippen molar-refractivity contribution in [2.75, 3.05) is 17.2 Å². The molecule has 8 nitrogen and oxygen atoms in total. The van der Waals surface area contributed by atoms with E-state index in [9.17, 15) is 9.59 Å². The van der Waals surface area contributed by atoms with E-state index in [4.69, 9.17) is 4.74 Å². The van der Waals surface area contributed by atoms with Crippen LogP contribution in [0.15, 0.2) is 48.8 Å². The molecule has 2 aromatic carbocycles. The average Bonchev–Trinajstić information content (AvgIpc) is 3.17. The number of nitrogens with zero attached hydrogens (tertiary/aromatic N) is 3. The molecule has 0 fully saturated rings. The first-order valence-electron chi connectivity index (χ1n) is 9.29. The number of hydrogen-bond donors (Lipinski definition) is 2. The fourth-order valence-electron chi connectivity index (χ4n) is 3.28. The summed E-state index contributed by atoms with van der Waals surface area (Å²) in [7, 11) is 0. The highest BCUT2D eigenvalue weighted by Crippen LogP contribution is 2.30. The SMILES string of the molecule is Cc1ccc(C)c(NC(=O)COc2cccc(C3CC(=O)Nc4ncnn43)c2)c1. The zero-order valence-electron chi connectivity index (χ0n) is 16.2. The van der Waals surface area contributed by atoms with Crippen LogP contribution in [0.4, 0.5) is 11.6 Å². The maximum absolute atomic E-state index is 12.3. The highest BCUT2D eigenvalue weighted by atomic mass is 16.5. The Labute approximate surface area is 167 Å². The average molecular weight is 391 g/mol. The van der Waals surface area contributed by atoms with Crippen molar-refractivity contribution >= 4 is 23.5 Å². The second kappa shape index (κ2) is 7.75. The van der Waals surface area contributed by atoms with Crippen molar-refractivity contribution in [2.45, 2.75) is 26.3 Å². The molecule has 4 rings (SSSR count). The number of nitrogens with one attached hydrogen (secondary N) is 2. The van der Waals surface area contributed by atoms with Crippen LogP contribution in [-0.2, 0) is 9.59 Å². The number of fused-ring (bicyclic) bond motifs is 1. The second-order valence-corrected chi connectivity index (χ2v) is 7.02. The van der Waals surface area contributed by atoms with Gasteiger partial charge in [-0.25, -0.2) is 4.68 Å². The van der Waals surface area contributed by atoms with Gasteiger partial charge in [0.2, 0.25) is 11.9 Å². The number of aryl methyl sites for hydroxylation is 2. The Hall–Kier alpha value is -3.68. The van der Waals surface area contributed by atoms with Crippen LogP contribution in [0.5, 0.6) is 5.75 Å². The lowest BCUT2D eigenvalue weighted by atomic mass is 10.0. The van der Waals surface area contributed by atoms with Crippen LogP contribution in [0.25, 0.3) is 0 Å². The molecule has 1 aromatic heterocycles. The molecule has 2 heterocycles. The van der Waals surface area contributed by atoms with E-state index in [2.05, 4.69) is 20.7 Å². The molecular formula is C21H21N5O3. The van der Waals surface area contributed by atoms with E-state index in [0.717, 1.165) is 22.4 Å². The molecular weight excluding hydrogens is 370 g/mol. The van der Waals surface area contributed by atoms with Crippen LogP contribution in [0.1, 0.15) is 29.2 Å². The molecule has 2 amide bonds. The molecule has 1 unspecified atom stereocenters. The molecule has 0 spiro atoms. The smallest absolute Gasteiger partial charge is 0.262 e. The van der Waals surface area contributed by atoms with Crippen molar-refractivity contribution in [2.24, 2.45) is 0 Å². The van der Waals surface area contributed by atoms with Crippen LogP contribution in [-0.4, -0.2) is 33.2 Å². The van der Waals surface area contributed by atoms with Gasteiger partial charge in [0.05, 0.1) is 12.5 Å². The van der Waals surface area contributed by atoms with Crippen molar-refractivity contribution in [1.29, 1.82) is 0 Å². The molecule has 0 bridgehead atoms. The molecule has 1 atom stereocenters. The molecule has 2 N–H and O–H groups in total. The summed E-state index contributed by atoms with van der Waals surface area (Å²) >= 11 is 0. The number of aromatic nitrogens is 3. The van der Waals surface area contributed by atoms with Gasteiger partial charge in [-0.2, -0.15) is 10.1 Å². The Morgan fingerprint density at radius 2 is 2.14 bits per heavy atom. The minimum absolute atomic E-state index is 0.115. The summed E-state index contributed by atoms with van der Waals surface area (Å²) < 4.78 is 7.35. The van der Waals surface area contributed by atoms with Gasteiger partial charge >= 0.3 is 0 Å². The summed E-state index contributed by atoms with van der Waals surface area (Å²) in [6.45, 7) is 3.80. The zero-order chi connectivity index (χ0) is 20.4. The Bertz CT molecular complexity index is 1080. The predicted molar refractivity (Wildman–Crippen MR) is 108 cm³/mol. The molecule has 1 aliphatic heterocycles. The summed E-state index contributed by atoms with van der Waals surface area (Å²) in [5.41, 5.74) is 3.70. The van der Waals surface area contributed by atoms with E-state index < -0.39 is 0 Å². The number of rotatable bonds is 5. The van der Waals surface area contributed by atoms with Crippen LogP contribution < -0.4 is 15.4 Å². The number of hydrogen-bond acceptors (Lipinski definition) is 5. The third-order valence-corrected chi connectivity index (χ3v) is 4.78. The molecule has 1 aliphatic rings. The molecule has 0 aliphatic carbocycles. The second-order valence-electron chi connectivity index (χ2n) is 7.02. The van der Waals surface area contributed by atoms with Crippen molar-refractivity contribution < 1.29 is 14.3 Å². The van der Waals surface area contributed by atoms with Gasteiger partial charge in [-0.1, -0.05) is 24.3 Å².